The van der Waals surface area contributed by atoms with E-state index in [0.29, 0.717) is 13.0 Å². The van der Waals surface area contributed by atoms with Crippen molar-refractivity contribution in [2.45, 2.75) is 26.1 Å². The van der Waals surface area contributed by atoms with E-state index < -0.39 is 6.10 Å². The van der Waals surface area contributed by atoms with Crippen LogP contribution in [0.1, 0.15) is 30.7 Å². The summed E-state index contributed by atoms with van der Waals surface area (Å²) in [6, 6.07) is 9.45. The number of aliphatic hydroxyl groups excluding tert-OH is 1. The van der Waals surface area contributed by atoms with Crippen molar-refractivity contribution in [3.8, 4) is 5.75 Å². The van der Waals surface area contributed by atoms with Crippen LogP contribution in [0.2, 0.25) is 0 Å². The van der Waals surface area contributed by atoms with E-state index in [0.717, 1.165) is 17.0 Å². The zero-order valence-corrected chi connectivity index (χ0v) is 10.7. The fourth-order valence-corrected chi connectivity index (χ4v) is 1.72. The molecule has 18 heavy (non-hydrogen) atoms. The molecule has 1 heterocycles. The summed E-state index contributed by atoms with van der Waals surface area (Å²) in [7, 11) is 1.88. The third-order valence-electron chi connectivity index (χ3n) is 2.81. The highest BCUT2D eigenvalue weighted by atomic mass is 16.5. The van der Waals surface area contributed by atoms with Gasteiger partial charge in [0.2, 0.25) is 0 Å². The number of ether oxygens (including phenoxy) is 1. The van der Waals surface area contributed by atoms with Crippen molar-refractivity contribution in [1.29, 1.82) is 0 Å². The van der Waals surface area contributed by atoms with E-state index in [1.807, 2.05) is 50.5 Å². The highest BCUT2D eigenvalue weighted by molar-refractivity contribution is 5.28. The lowest BCUT2D eigenvalue weighted by atomic mass is 10.1. The van der Waals surface area contributed by atoms with E-state index in [9.17, 15) is 5.11 Å². The Morgan fingerprint density at radius 1 is 1.28 bits per heavy atom. The van der Waals surface area contributed by atoms with Crippen LogP contribution in [0, 0.1) is 0 Å². The lowest BCUT2D eigenvalue weighted by molar-refractivity contribution is 0.173. The van der Waals surface area contributed by atoms with Crippen molar-refractivity contribution in [1.82, 2.24) is 9.78 Å². The Hall–Kier alpha value is -1.81. The molecule has 1 unspecified atom stereocenters. The summed E-state index contributed by atoms with van der Waals surface area (Å²) in [6.45, 7) is 2.41. The fourth-order valence-electron chi connectivity index (χ4n) is 1.72. The van der Waals surface area contributed by atoms with Crippen LogP contribution < -0.4 is 4.74 Å². The molecule has 0 amide bonds. The average molecular weight is 246 g/mol. The maximum Gasteiger partial charge on any atom is 0.132 e. The molecule has 0 aliphatic carbocycles. The monoisotopic (exact) mass is 246 g/mol. The van der Waals surface area contributed by atoms with Gasteiger partial charge in [-0.15, -0.1) is 0 Å². The normalized spacial score (nSPS) is 12.4. The molecule has 2 rings (SSSR count). The minimum Gasteiger partial charge on any atom is -0.487 e. The molecular formula is C14H18N2O2. The van der Waals surface area contributed by atoms with E-state index in [1.54, 1.807) is 4.68 Å². The van der Waals surface area contributed by atoms with Gasteiger partial charge < -0.3 is 9.84 Å². The number of hydrogen-bond acceptors (Lipinski definition) is 3. The predicted molar refractivity (Wildman–Crippen MR) is 69.2 cm³/mol. The molecule has 0 radical (unpaired) electrons. The van der Waals surface area contributed by atoms with E-state index in [1.165, 1.54) is 0 Å². The van der Waals surface area contributed by atoms with Crippen molar-refractivity contribution in [3.05, 3.63) is 47.8 Å². The topological polar surface area (TPSA) is 47.3 Å². The van der Waals surface area contributed by atoms with Gasteiger partial charge in [-0.05, 0) is 30.2 Å². The number of benzene rings is 1. The number of aliphatic hydroxyl groups is 1. The zero-order chi connectivity index (χ0) is 13.0. The Morgan fingerprint density at radius 3 is 2.56 bits per heavy atom. The van der Waals surface area contributed by atoms with Gasteiger partial charge in [0, 0.05) is 13.2 Å². The number of aryl methyl sites for hydroxylation is 1. The van der Waals surface area contributed by atoms with Crippen LogP contribution in [0.3, 0.4) is 0 Å². The van der Waals surface area contributed by atoms with Crippen LogP contribution >= 0.6 is 0 Å². The van der Waals surface area contributed by atoms with Gasteiger partial charge in [-0.3, -0.25) is 4.68 Å². The summed E-state index contributed by atoms with van der Waals surface area (Å²) in [5.41, 5.74) is 1.82. The van der Waals surface area contributed by atoms with Crippen molar-refractivity contribution >= 4 is 0 Å². The van der Waals surface area contributed by atoms with Gasteiger partial charge in [0.25, 0.3) is 0 Å². The Balaban J connectivity index is 1.94. The molecule has 0 spiro atoms. The average Bonchev–Trinajstić information content (AvgIpc) is 2.82. The predicted octanol–water partition coefficient (Wildman–Crippen LogP) is 2.44. The van der Waals surface area contributed by atoms with Crippen LogP contribution in [-0.4, -0.2) is 14.9 Å². The van der Waals surface area contributed by atoms with Gasteiger partial charge in [-0.25, -0.2) is 0 Å². The summed E-state index contributed by atoms with van der Waals surface area (Å²) in [4.78, 5) is 0. The molecule has 1 N–H and O–H groups in total. The van der Waals surface area contributed by atoms with E-state index >= 15 is 0 Å². The minimum absolute atomic E-state index is 0.394. The second-order valence-electron chi connectivity index (χ2n) is 4.26. The first-order valence-electron chi connectivity index (χ1n) is 6.08. The van der Waals surface area contributed by atoms with Crippen LogP contribution in [0.15, 0.2) is 36.5 Å². The van der Waals surface area contributed by atoms with Gasteiger partial charge in [0.1, 0.15) is 12.4 Å². The molecule has 1 atom stereocenters. The molecule has 0 bridgehead atoms. The lowest BCUT2D eigenvalue weighted by Crippen LogP contribution is -1.99. The van der Waals surface area contributed by atoms with Crippen LogP contribution in [0.5, 0.6) is 5.75 Å². The molecule has 0 aliphatic heterocycles. The smallest absolute Gasteiger partial charge is 0.132 e. The summed E-state index contributed by atoms with van der Waals surface area (Å²) >= 11 is 0. The van der Waals surface area contributed by atoms with Gasteiger partial charge in [-0.2, -0.15) is 5.10 Å². The van der Waals surface area contributed by atoms with Crippen LogP contribution in [0.4, 0.5) is 0 Å². The maximum atomic E-state index is 9.68. The largest absolute Gasteiger partial charge is 0.487 e. The molecule has 2 aromatic rings. The van der Waals surface area contributed by atoms with E-state index in [4.69, 9.17) is 4.74 Å². The molecule has 0 aliphatic rings. The quantitative estimate of drug-likeness (QED) is 0.881. The molecule has 96 valence electrons. The first kappa shape index (κ1) is 12.6. The van der Waals surface area contributed by atoms with Crippen molar-refractivity contribution < 1.29 is 9.84 Å². The highest BCUT2D eigenvalue weighted by Crippen LogP contribution is 2.20. The van der Waals surface area contributed by atoms with Gasteiger partial charge in [0.15, 0.2) is 0 Å². The second-order valence-corrected chi connectivity index (χ2v) is 4.26. The van der Waals surface area contributed by atoms with Crippen molar-refractivity contribution in [2.24, 2.45) is 7.05 Å². The van der Waals surface area contributed by atoms with Gasteiger partial charge >= 0.3 is 0 Å². The number of nitrogens with zero attached hydrogens (tertiary/aromatic N) is 2. The minimum atomic E-state index is -0.394. The van der Waals surface area contributed by atoms with Crippen molar-refractivity contribution in [2.75, 3.05) is 0 Å². The highest BCUT2D eigenvalue weighted by Gasteiger charge is 2.04. The Bertz CT molecular complexity index is 491. The standard InChI is InChI=1S/C14H18N2O2/c1-3-14(17)11-4-6-13(7-5-11)18-10-12-8-9-16(2)15-12/h4-9,14,17H,3,10H2,1-2H3. The molecule has 4 heteroatoms. The summed E-state index contributed by atoms with van der Waals surface area (Å²) in [5.74, 6) is 0.785. The van der Waals surface area contributed by atoms with Crippen LogP contribution in [0.25, 0.3) is 0 Å². The van der Waals surface area contributed by atoms with Gasteiger partial charge in [-0.1, -0.05) is 19.1 Å². The first-order chi connectivity index (χ1) is 8.69. The third-order valence-corrected chi connectivity index (χ3v) is 2.81. The van der Waals surface area contributed by atoms with E-state index in [2.05, 4.69) is 5.10 Å². The molecule has 1 aromatic carbocycles. The zero-order valence-electron chi connectivity index (χ0n) is 10.7. The number of rotatable bonds is 5. The summed E-state index contributed by atoms with van der Waals surface area (Å²) in [6.07, 6.45) is 2.21. The second kappa shape index (κ2) is 5.69. The summed E-state index contributed by atoms with van der Waals surface area (Å²) in [5, 5.41) is 13.9. The Labute approximate surface area is 107 Å². The van der Waals surface area contributed by atoms with Crippen LogP contribution in [-0.2, 0) is 13.7 Å². The number of hydrogen-bond donors (Lipinski definition) is 1. The molecule has 1 aromatic heterocycles. The first-order valence-corrected chi connectivity index (χ1v) is 6.08. The Kier molecular flexibility index (Phi) is 3.99. The van der Waals surface area contributed by atoms with Crippen molar-refractivity contribution in [3.63, 3.8) is 0 Å². The maximum absolute atomic E-state index is 9.68. The summed E-state index contributed by atoms with van der Waals surface area (Å²) < 4.78 is 7.37. The third kappa shape index (κ3) is 3.11. The molecule has 0 saturated heterocycles. The molecule has 0 fully saturated rings. The number of aromatic nitrogens is 2. The molecule has 0 saturated carbocycles. The molecule has 4 nitrogen and oxygen atoms in total. The van der Waals surface area contributed by atoms with E-state index in [-0.39, 0.29) is 0 Å². The lowest BCUT2D eigenvalue weighted by Gasteiger charge is -2.09. The van der Waals surface area contributed by atoms with Gasteiger partial charge in [0.05, 0.1) is 11.8 Å². The SMILES string of the molecule is CCC(O)c1ccc(OCc2ccn(C)n2)cc1. The fraction of sp³-hybridized carbons (Fsp3) is 0.357. The molecular weight excluding hydrogens is 228 g/mol. The Morgan fingerprint density at radius 2 is 2.00 bits per heavy atom.